The van der Waals surface area contributed by atoms with Crippen LogP contribution in [-0.2, 0) is 14.3 Å². The van der Waals surface area contributed by atoms with Gasteiger partial charge in [0.1, 0.15) is 17.4 Å². The molecule has 4 N–H and O–H groups in total. The van der Waals surface area contributed by atoms with Gasteiger partial charge in [0.05, 0.1) is 19.4 Å². The van der Waals surface area contributed by atoms with Crippen molar-refractivity contribution in [3.05, 3.63) is 95.3 Å². The Morgan fingerprint density at radius 2 is 1.46 bits per heavy atom. The standard InChI is InChI=1S/C32H35FN4O5.C2H2O4/c1-3-42-32(40)35-30(34)24-8-10-25(11-9-24)31(39)37(27-6-4-5-7-28(27)41-2)21-20-36-18-16-23(17-19-36)29(38)22-12-14-26(33)15-13-22;3-1(4)2(5)6/h4-15,23H,3,16-21H2,1-2H3,(H2,34,35,40);(H,3,4)(H,5,6). The van der Waals surface area contributed by atoms with Crippen molar-refractivity contribution in [2.45, 2.75) is 19.8 Å². The van der Waals surface area contributed by atoms with Crippen LogP contribution >= 0.6 is 0 Å². The lowest BCUT2D eigenvalue weighted by atomic mass is 9.89. The van der Waals surface area contributed by atoms with Crippen LogP contribution in [0.4, 0.5) is 14.9 Å². The zero-order chi connectivity index (χ0) is 35.2. The molecule has 4 rings (SSSR count). The predicted molar refractivity (Wildman–Crippen MR) is 174 cm³/mol. The molecule has 0 radical (unpaired) electrons. The molecule has 1 aliphatic rings. The third kappa shape index (κ3) is 10.5. The van der Waals surface area contributed by atoms with Gasteiger partial charge in [0.2, 0.25) is 0 Å². The molecule has 0 aliphatic carbocycles. The van der Waals surface area contributed by atoms with Gasteiger partial charge in [-0.1, -0.05) is 24.3 Å². The summed E-state index contributed by atoms with van der Waals surface area (Å²) in [5.41, 5.74) is 8.02. The number of rotatable bonds is 10. The summed E-state index contributed by atoms with van der Waals surface area (Å²) < 4.78 is 23.6. The smallest absolute Gasteiger partial charge is 0.435 e. The number of carbonyl (C=O) groups excluding carboxylic acids is 3. The molecule has 0 unspecified atom stereocenters. The summed E-state index contributed by atoms with van der Waals surface area (Å²) in [4.78, 5) is 64.2. The van der Waals surface area contributed by atoms with Crippen molar-refractivity contribution in [3.8, 4) is 5.75 Å². The Kier molecular flexibility index (Phi) is 13.7. The number of nitrogens with two attached hydrogens (primary N) is 1. The fourth-order valence-corrected chi connectivity index (χ4v) is 4.95. The SMILES string of the molecule is CCOC(=O)/N=C(\N)c1ccc(C(=O)N(CCN2CCC(C(=O)c3ccc(F)cc3)CC2)c2ccccc2OC)cc1.O=C(O)C(=O)O. The number of aliphatic imine (C=N–C) groups is 1. The van der Waals surface area contributed by atoms with E-state index in [9.17, 15) is 18.8 Å². The molecular formula is C34H37FN4O9. The second-order valence-electron chi connectivity index (χ2n) is 10.5. The number of carbonyl (C=O) groups is 5. The van der Waals surface area contributed by atoms with Gasteiger partial charge >= 0.3 is 18.0 Å². The van der Waals surface area contributed by atoms with E-state index < -0.39 is 18.0 Å². The lowest BCUT2D eigenvalue weighted by Crippen LogP contribution is -2.43. The van der Waals surface area contributed by atoms with E-state index in [1.807, 2.05) is 18.2 Å². The molecule has 1 saturated heterocycles. The van der Waals surface area contributed by atoms with Gasteiger partial charge in [-0.25, -0.2) is 18.8 Å². The molecule has 3 aromatic rings. The molecule has 0 spiro atoms. The van der Waals surface area contributed by atoms with E-state index in [1.54, 1.807) is 49.3 Å². The predicted octanol–water partition coefficient (Wildman–Crippen LogP) is 4.09. The third-order valence-corrected chi connectivity index (χ3v) is 7.44. The molecule has 13 nitrogen and oxygen atoms in total. The number of benzene rings is 3. The largest absolute Gasteiger partial charge is 0.495 e. The molecule has 2 amide bonds. The van der Waals surface area contributed by atoms with Crippen molar-refractivity contribution in [1.29, 1.82) is 0 Å². The van der Waals surface area contributed by atoms with Crippen LogP contribution in [0.15, 0.2) is 77.8 Å². The zero-order valence-corrected chi connectivity index (χ0v) is 26.5. The number of ether oxygens (including phenoxy) is 2. The number of anilines is 1. The van der Waals surface area contributed by atoms with E-state index in [0.29, 0.717) is 67.1 Å². The van der Waals surface area contributed by atoms with Crippen LogP contribution in [0.2, 0.25) is 0 Å². The first-order chi connectivity index (χ1) is 22.9. The normalized spacial score (nSPS) is 13.4. The van der Waals surface area contributed by atoms with Crippen LogP contribution < -0.4 is 15.4 Å². The highest BCUT2D eigenvalue weighted by Gasteiger charge is 2.27. The Hall–Kier alpha value is -5.63. The number of carboxylic acid groups (broad SMARTS) is 2. The van der Waals surface area contributed by atoms with E-state index in [2.05, 4.69) is 9.89 Å². The molecule has 1 aliphatic heterocycles. The van der Waals surface area contributed by atoms with Gasteiger partial charge in [-0.15, -0.1) is 0 Å². The fourth-order valence-electron chi connectivity index (χ4n) is 4.95. The number of methoxy groups -OCH3 is 1. The van der Waals surface area contributed by atoms with Crippen LogP contribution in [0, 0.1) is 11.7 Å². The van der Waals surface area contributed by atoms with Gasteiger partial charge in [-0.05, 0) is 81.4 Å². The Labute approximate surface area is 276 Å². The van der Waals surface area contributed by atoms with Gasteiger partial charge in [0, 0.05) is 35.7 Å². The summed E-state index contributed by atoms with van der Waals surface area (Å²) >= 11 is 0. The molecule has 0 atom stereocenters. The van der Waals surface area contributed by atoms with E-state index >= 15 is 0 Å². The van der Waals surface area contributed by atoms with Crippen molar-refractivity contribution in [3.63, 3.8) is 0 Å². The number of hydrogen-bond acceptors (Lipinski definition) is 8. The lowest BCUT2D eigenvalue weighted by molar-refractivity contribution is -0.159. The molecule has 14 heteroatoms. The van der Waals surface area contributed by atoms with E-state index in [1.165, 1.54) is 24.3 Å². The molecular weight excluding hydrogens is 627 g/mol. The monoisotopic (exact) mass is 664 g/mol. The summed E-state index contributed by atoms with van der Waals surface area (Å²) in [7, 11) is 1.56. The highest BCUT2D eigenvalue weighted by molar-refractivity contribution is 6.27. The minimum atomic E-state index is -1.82. The Bertz CT molecular complexity index is 1610. The van der Waals surface area contributed by atoms with Crippen molar-refractivity contribution < 1.29 is 48.0 Å². The van der Waals surface area contributed by atoms with Crippen LogP contribution in [-0.4, -0.2) is 90.6 Å². The number of piperidine rings is 1. The van der Waals surface area contributed by atoms with E-state index in [-0.39, 0.29) is 35.9 Å². The fraction of sp³-hybridized carbons (Fsp3) is 0.294. The maximum atomic E-state index is 13.8. The average molecular weight is 665 g/mol. The number of halogens is 1. The number of hydrogen-bond donors (Lipinski definition) is 3. The molecule has 0 saturated carbocycles. The maximum Gasteiger partial charge on any atom is 0.435 e. The van der Waals surface area contributed by atoms with Crippen molar-refractivity contribution in [2.24, 2.45) is 16.6 Å². The van der Waals surface area contributed by atoms with E-state index in [4.69, 9.17) is 35.0 Å². The minimum Gasteiger partial charge on any atom is -0.495 e. The minimum absolute atomic E-state index is 0.00431. The second kappa shape index (κ2) is 17.9. The quantitative estimate of drug-likeness (QED) is 0.123. The van der Waals surface area contributed by atoms with Crippen LogP contribution in [0.1, 0.15) is 46.0 Å². The number of Topliss-reactive ketones (excluding diaryl/α,β-unsaturated/α-hetero) is 1. The highest BCUT2D eigenvalue weighted by Crippen LogP contribution is 2.29. The molecule has 0 aromatic heterocycles. The first-order valence-electron chi connectivity index (χ1n) is 15.0. The molecule has 3 aromatic carbocycles. The van der Waals surface area contributed by atoms with Crippen molar-refractivity contribution in [2.75, 3.05) is 44.8 Å². The number of carboxylic acids is 2. The van der Waals surface area contributed by atoms with Crippen LogP contribution in [0.3, 0.4) is 0 Å². The number of amidine groups is 1. The Balaban J connectivity index is 0.000000952. The van der Waals surface area contributed by atoms with E-state index in [0.717, 1.165) is 0 Å². The third-order valence-electron chi connectivity index (χ3n) is 7.44. The van der Waals surface area contributed by atoms with Gasteiger partial charge in [-0.2, -0.15) is 4.99 Å². The topological polar surface area (TPSA) is 189 Å². The summed E-state index contributed by atoms with van der Waals surface area (Å²) in [5, 5.41) is 14.8. The molecule has 1 fully saturated rings. The number of ketones is 1. The first-order valence-corrected chi connectivity index (χ1v) is 15.0. The average Bonchev–Trinajstić information content (AvgIpc) is 3.09. The van der Waals surface area contributed by atoms with Gasteiger partial charge in [0.25, 0.3) is 5.91 Å². The molecule has 0 bridgehead atoms. The summed E-state index contributed by atoms with van der Waals surface area (Å²) in [5.74, 6) is -3.75. The van der Waals surface area contributed by atoms with Crippen molar-refractivity contribution in [1.82, 2.24) is 4.90 Å². The maximum absolute atomic E-state index is 13.8. The van der Waals surface area contributed by atoms with Crippen LogP contribution in [0.25, 0.3) is 0 Å². The highest BCUT2D eigenvalue weighted by atomic mass is 19.1. The second-order valence-corrected chi connectivity index (χ2v) is 10.5. The first kappa shape index (κ1) is 36.8. The number of aliphatic carboxylic acids is 2. The van der Waals surface area contributed by atoms with Crippen LogP contribution in [0.5, 0.6) is 5.75 Å². The summed E-state index contributed by atoms with van der Waals surface area (Å²) in [6.45, 7) is 4.27. The molecule has 48 heavy (non-hydrogen) atoms. The van der Waals surface area contributed by atoms with Gasteiger partial charge in [-0.3, -0.25) is 9.59 Å². The Morgan fingerprint density at radius 3 is 2.02 bits per heavy atom. The van der Waals surface area contributed by atoms with Crippen molar-refractivity contribution >= 4 is 41.2 Å². The number of likely N-dealkylation sites (tertiary alicyclic amines) is 1. The van der Waals surface area contributed by atoms with Gasteiger partial charge < -0.3 is 35.2 Å². The summed E-state index contributed by atoms with van der Waals surface area (Å²) in [6.07, 6.45) is 0.603. The molecule has 1 heterocycles. The summed E-state index contributed by atoms with van der Waals surface area (Å²) in [6, 6.07) is 19.6. The molecule has 254 valence electrons. The number of nitrogens with zero attached hydrogens (tertiary/aromatic N) is 3. The zero-order valence-electron chi connectivity index (χ0n) is 26.5. The lowest BCUT2D eigenvalue weighted by Gasteiger charge is -2.33. The number of para-hydroxylation sites is 2. The Morgan fingerprint density at radius 1 is 0.896 bits per heavy atom. The van der Waals surface area contributed by atoms with Gasteiger partial charge in [0.15, 0.2) is 5.78 Å². The number of amides is 2.